The third kappa shape index (κ3) is 4.03. The first kappa shape index (κ1) is 11.0. The van der Waals surface area contributed by atoms with Crippen LogP contribution in [0.5, 0.6) is 0 Å². The Hall–Kier alpha value is 1.04. The zero-order valence-corrected chi connectivity index (χ0v) is 8.17. The van der Waals surface area contributed by atoms with Gasteiger partial charge < -0.3 is 0 Å². The van der Waals surface area contributed by atoms with Gasteiger partial charge in [-0.25, -0.2) is 8.54 Å². The third-order valence-electron chi connectivity index (χ3n) is 0.431. The second kappa shape index (κ2) is 5.66. The average Bonchev–Trinajstić information content (AvgIpc) is 2.00. The lowest BCUT2D eigenvalue weighted by Gasteiger charge is -2.05. The Labute approximate surface area is 73.3 Å². The second-order valence-corrected chi connectivity index (χ2v) is 4.47. The summed E-state index contributed by atoms with van der Waals surface area (Å²) in [5.41, 5.74) is 0. The molecule has 0 saturated carbocycles. The Morgan fingerprint density at radius 2 is 2.00 bits per heavy atom. The molecule has 0 fully saturated rings. The molecule has 62 valence electrons. The predicted molar refractivity (Wildman–Crippen MR) is 40.7 cm³/mol. The van der Waals surface area contributed by atoms with Crippen LogP contribution in [0.3, 0.4) is 0 Å². The Morgan fingerprint density at radius 1 is 1.50 bits per heavy atom. The molecular formula is C2H5Cl2O4PS. The van der Waals surface area contributed by atoms with Crippen molar-refractivity contribution in [2.24, 2.45) is 0 Å². The van der Waals surface area contributed by atoms with Crippen molar-refractivity contribution in [3.63, 3.8) is 0 Å². The molecule has 4 nitrogen and oxygen atoms in total. The highest BCUT2D eigenvalue weighted by atomic mass is 35.5. The molecule has 0 aromatic heterocycles. The fourth-order valence-corrected chi connectivity index (χ4v) is 1.96. The summed E-state index contributed by atoms with van der Waals surface area (Å²) in [6, 6.07) is 0. The second-order valence-electron chi connectivity index (χ2n) is 1.07. The number of rotatable bonds is 5. The Morgan fingerprint density at radius 3 is 2.30 bits per heavy atom. The molecule has 0 aromatic rings. The van der Waals surface area contributed by atoms with E-state index in [0.29, 0.717) is 5.75 Å². The molecule has 0 atom stereocenters. The number of phosphoric acid groups is 1. The molecule has 0 radical (unpaired) electrons. The first-order valence-electron chi connectivity index (χ1n) is 2.20. The van der Waals surface area contributed by atoms with Gasteiger partial charge in [0.25, 0.3) is 0 Å². The van der Waals surface area contributed by atoms with Crippen LogP contribution in [0.2, 0.25) is 0 Å². The van der Waals surface area contributed by atoms with Crippen LogP contribution >= 0.6 is 43.6 Å². The van der Waals surface area contributed by atoms with Crippen LogP contribution in [0.15, 0.2) is 0 Å². The van der Waals surface area contributed by atoms with Gasteiger partial charge in [0.15, 0.2) is 0 Å². The highest BCUT2D eigenvalue weighted by Gasteiger charge is 2.27. The van der Waals surface area contributed by atoms with E-state index in [0.717, 1.165) is 12.0 Å². The highest BCUT2D eigenvalue weighted by molar-refractivity contribution is 7.98. The number of hydrogen-bond donors (Lipinski definition) is 0. The van der Waals surface area contributed by atoms with E-state index in [-0.39, 0.29) is 0 Å². The van der Waals surface area contributed by atoms with Gasteiger partial charge in [0.1, 0.15) is 0 Å². The van der Waals surface area contributed by atoms with Crippen molar-refractivity contribution in [3.05, 3.63) is 0 Å². The maximum atomic E-state index is 10.8. The fraction of sp³-hybridized carbons (Fsp3) is 1.00. The van der Waals surface area contributed by atoms with Crippen molar-refractivity contribution in [1.82, 2.24) is 0 Å². The van der Waals surface area contributed by atoms with Gasteiger partial charge in [0.2, 0.25) is 0 Å². The summed E-state index contributed by atoms with van der Waals surface area (Å²) in [5.74, 6) is 0.588. The van der Waals surface area contributed by atoms with Crippen molar-refractivity contribution in [1.29, 1.82) is 0 Å². The van der Waals surface area contributed by atoms with Crippen molar-refractivity contribution in [2.75, 3.05) is 5.75 Å². The van der Waals surface area contributed by atoms with Gasteiger partial charge in [-0.05, 0) is 0 Å². The monoisotopic (exact) mass is 226 g/mol. The molecule has 10 heavy (non-hydrogen) atoms. The van der Waals surface area contributed by atoms with E-state index < -0.39 is 7.82 Å². The van der Waals surface area contributed by atoms with Crippen LogP contribution in [-0.2, 0) is 16.7 Å². The minimum absolute atomic E-state index is 0.588. The molecule has 0 bridgehead atoms. The van der Waals surface area contributed by atoms with E-state index in [1.165, 1.54) is 0 Å². The molecule has 0 spiro atoms. The smallest absolute Gasteiger partial charge is 0.224 e. The topological polar surface area (TPSA) is 44.8 Å². The van der Waals surface area contributed by atoms with Crippen LogP contribution in [0.4, 0.5) is 0 Å². The van der Waals surface area contributed by atoms with E-state index in [9.17, 15) is 4.57 Å². The molecule has 0 rings (SSSR count). The molecule has 0 heterocycles. The van der Waals surface area contributed by atoms with Crippen LogP contribution in [0, 0.1) is 0 Å². The molecule has 0 aromatic carbocycles. The Kier molecular flexibility index (Phi) is 6.25. The normalized spacial score (nSPS) is 11.9. The zero-order chi connectivity index (χ0) is 8.04. The first-order valence-corrected chi connectivity index (χ1v) is 5.19. The van der Waals surface area contributed by atoms with Crippen molar-refractivity contribution in [3.8, 4) is 0 Å². The molecule has 0 amide bonds. The molecule has 0 saturated heterocycles. The van der Waals surface area contributed by atoms with Crippen molar-refractivity contribution < 1.29 is 16.7 Å². The minimum atomic E-state index is -3.70. The van der Waals surface area contributed by atoms with Gasteiger partial charge in [-0.2, -0.15) is 8.15 Å². The highest BCUT2D eigenvalue weighted by Crippen LogP contribution is 2.54. The van der Waals surface area contributed by atoms with E-state index in [2.05, 4.69) is 12.1 Å². The lowest BCUT2D eigenvalue weighted by atomic mass is 11.0. The van der Waals surface area contributed by atoms with Crippen LogP contribution in [0.25, 0.3) is 0 Å². The summed E-state index contributed by atoms with van der Waals surface area (Å²) in [6.45, 7) is 1.79. The Balaban J connectivity index is 3.70. The van der Waals surface area contributed by atoms with Gasteiger partial charge in [0.05, 0.1) is 23.7 Å². The van der Waals surface area contributed by atoms with Crippen LogP contribution in [0.1, 0.15) is 6.92 Å². The molecule has 0 unspecified atom stereocenters. The zero-order valence-electron chi connectivity index (χ0n) is 4.95. The fourth-order valence-electron chi connectivity index (χ4n) is 0.151. The van der Waals surface area contributed by atoms with Gasteiger partial charge in [-0.15, -0.1) is 0 Å². The van der Waals surface area contributed by atoms with Crippen molar-refractivity contribution >= 4 is 43.6 Å². The molecule has 8 heteroatoms. The largest absolute Gasteiger partial charge is 0.519 e. The summed E-state index contributed by atoms with van der Waals surface area (Å²) in [5, 5.41) is 0. The van der Waals surface area contributed by atoms with E-state index in [1.807, 2.05) is 0 Å². The standard InChI is InChI=1S/C2H5Cl2O4PS/c1-2-10-8-9(5,6-3)7-4/h2H2,1H3. The van der Waals surface area contributed by atoms with E-state index >= 15 is 0 Å². The van der Waals surface area contributed by atoms with E-state index in [4.69, 9.17) is 23.7 Å². The van der Waals surface area contributed by atoms with Crippen LogP contribution < -0.4 is 0 Å². The van der Waals surface area contributed by atoms with Gasteiger partial charge in [-0.3, -0.25) is 0 Å². The predicted octanol–water partition coefficient (Wildman–Crippen LogP) is 3.12. The van der Waals surface area contributed by atoms with Crippen LogP contribution in [-0.4, -0.2) is 5.75 Å². The summed E-state index contributed by atoms with van der Waals surface area (Å²) in [6.07, 6.45) is 0. The minimum Gasteiger partial charge on any atom is -0.224 e. The lowest BCUT2D eigenvalue weighted by Crippen LogP contribution is -1.82. The van der Waals surface area contributed by atoms with Gasteiger partial charge in [-0.1, -0.05) is 6.92 Å². The summed E-state index contributed by atoms with van der Waals surface area (Å²) in [7, 11) is -3.70. The molecule has 0 aliphatic heterocycles. The maximum absolute atomic E-state index is 10.8. The summed E-state index contributed by atoms with van der Waals surface area (Å²) in [4.78, 5) is 0. The molecule has 0 aliphatic carbocycles. The van der Waals surface area contributed by atoms with Crippen molar-refractivity contribution in [2.45, 2.75) is 6.92 Å². The van der Waals surface area contributed by atoms with Gasteiger partial charge in [0, 0.05) is 17.8 Å². The average molecular weight is 227 g/mol. The number of hydrogen-bond acceptors (Lipinski definition) is 5. The molecule has 0 aliphatic rings. The quantitative estimate of drug-likeness (QED) is 0.533. The summed E-state index contributed by atoms with van der Waals surface area (Å²) < 4.78 is 22.8. The first-order chi connectivity index (χ1) is 4.68. The number of halogens is 2. The lowest BCUT2D eigenvalue weighted by molar-refractivity contribution is 0.336. The summed E-state index contributed by atoms with van der Waals surface area (Å²) >= 11 is 10.3. The molecular weight excluding hydrogens is 222 g/mol. The SMILES string of the molecule is CCSOP(=O)(OCl)OCl. The van der Waals surface area contributed by atoms with Gasteiger partial charge >= 0.3 is 7.82 Å². The maximum Gasteiger partial charge on any atom is 0.519 e. The third-order valence-corrected chi connectivity index (χ3v) is 3.17. The van der Waals surface area contributed by atoms with E-state index in [1.54, 1.807) is 6.92 Å². The molecule has 0 N–H and O–H groups in total. The Bertz CT molecular complexity index is 124.